The second-order valence-corrected chi connectivity index (χ2v) is 7.70. The maximum absolute atomic E-state index is 13.3. The Labute approximate surface area is 157 Å². The highest BCUT2D eigenvalue weighted by Crippen LogP contribution is 2.39. The van der Waals surface area contributed by atoms with Crippen LogP contribution < -0.4 is 15.4 Å². The predicted octanol–water partition coefficient (Wildman–Crippen LogP) is 5.38. The number of ether oxygens (including phenoxy) is 1. The van der Waals surface area contributed by atoms with E-state index in [0.717, 1.165) is 23.3 Å². The number of rotatable bonds is 2. The summed E-state index contributed by atoms with van der Waals surface area (Å²) in [5.41, 5.74) is 2.59. The molecule has 0 amide bonds. The molecule has 0 aliphatic carbocycles. The summed E-state index contributed by atoms with van der Waals surface area (Å²) in [6.45, 7) is 6.16. The summed E-state index contributed by atoms with van der Waals surface area (Å²) in [6, 6.07) is 10.6. The van der Waals surface area contributed by atoms with Crippen molar-refractivity contribution in [3.05, 3.63) is 58.4 Å². The molecule has 0 unspecified atom stereocenters. The molecule has 0 bridgehead atoms. The zero-order valence-corrected chi connectivity index (χ0v) is 15.9. The van der Waals surface area contributed by atoms with Crippen molar-refractivity contribution in [3.8, 4) is 5.75 Å². The van der Waals surface area contributed by atoms with Crippen LogP contribution in [0.15, 0.2) is 36.4 Å². The van der Waals surface area contributed by atoms with Crippen LogP contribution in [-0.2, 0) is 0 Å². The van der Waals surface area contributed by atoms with Crippen molar-refractivity contribution < 1.29 is 9.13 Å². The molecule has 25 heavy (non-hydrogen) atoms. The first-order valence-electron chi connectivity index (χ1n) is 8.06. The molecule has 2 N–H and O–H groups in total. The van der Waals surface area contributed by atoms with E-state index < -0.39 is 5.82 Å². The van der Waals surface area contributed by atoms with Crippen LogP contribution in [0.3, 0.4) is 0 Å². The van der Waals surface area contributed by atoms with Gasteiger partial charge in [0.15, 0.2) is 5.11 Å². The second kappa shape index (κ2) is 6.81. The SMILES string of the molecule is Cc1ccc2c(c1)[C@H](NC(=S)Nc1ccc(F)c(Cl)c1)CC(C)(C)O2. The fraction of sp³-hybridized carbons (Fsp3) is 0.316. The number of hydrogen-bond acceptors (Lipinski definition) is 2. The third kappa shape index (κ3) is 4.22. The van der Waals surface area contributed by atoms with Crippen molar-refractivity contribution in [1.29, 1.82) is 0 Å². The minimum atomic E-state index is -0.457. The summed E-state index contributed by atoms with van der Waals surface area (Å²) < 4.78 is 19.3. The quantitative estimate of drug-likeness (QED) is 0.688. The molecule has 0 radical (unpaired) electrons. The van der Waals surface area contributed by atoms with E-state index in [9.17, 15) is 4.39 Å². The van der Waals surface area contributed by atoms with Crippen molar-refractivity contribution in [2.24, 2.45) is 0 Å². The molecule has 0 saturated heterocycles. The maximum Gasteiger partial charge on any atom is 0.171 e. The Morgan fingerprint density at radius 1 is 1.28 bits per heavy atom. The lowest BCUT2D eigenvalue weighted by molar-refractivity contribution is 0.0696. The third-order valence-electron chi connectivity index (χ3n) is 4.11. The Morgan fingerprint density at radius 2 is 2.04 bits per heavy atom. The Hall–Kier alpha value is -1.85. The van der Waals surface area contributed by atoms with E-state index in [1.165, 1.54) is 12.1 Å². The summed E-state index contributed by atoms with van der Waals surface area (Å²) in [6.07, 6.45) is 0.773. The van der Waals surface area contributed by atoms with Gasteiger partial charge in [-0.05, 0) is 57.3 Å². The molecule has 1 aliphatic heterocycles. The maximum atomic E-state index is 13.3. The zero-order chi connectivity index (χ0) is 18.2. The minimum absolute atomic E-state index is 0.0228. The number of hydrogen-bond donors (Lipinski definition) is 2. The molecule has 1 atom stereocenters. The van der Waals surface area contributed by atoms with Crippen molar-refractivity contribution in [2.45, 2.75) is 38.8 Å². The number of aryl methyl sites for hydroxylation is 1. The first kappa shape index (κ1) is 18.0. The Kier molecular flexibility index (Phi) is 4.89. The normalized spacial score (nSPS) is 18.0. The topological polar surface area (TPSA) is 33.3 Å². The van der Waals surface area contributed by atoms with Crippen molar-refractivity contribution in [2.75, 3.05) is 5.32 Å². The molecule has 1 aliphatic rings. The Bertz CT molecular complexity index is 825. The van der Waals surface area contributed by atoms with Crippen LogP contribution in [0.25, 0.3) is 0 Å². The first-order valence-corrected chi connectivity index (χ1v) is 8.84. The number of anilines is 1. The number of benzene rings is 2. The molecule has 3 rings (SSSR count). The van der Waals surface area contributed by atoms with Gasteiger partial charge in [0.2, 0.25) is 0 Å². The molecule has 6 heteroatoms. The molecular weight excluding hydrogens is 359 g/mol. The summed E-state index contributed by atoms with van der Waals surface area (Å²) >= 11 is 11.2. The van der Waals surface area contributed by atoms with Crippen molar-refractivity contribution in [3.63, 3.8) is 0 Å². The molecule has 3 nitrogen and oxygen atoms in total. The van der Waals surface area contributed by atoms with Crippen molar-refractivity contribution >= 4 is 34.6 Å². The van der Waals surface area contributed by atoms with E-state index in [1.807, 2.05) is 19.1 Å². The summed E-state index contributed by atoms with van der Waals surface area (Å²) in [4.78, 5) is 0. The molecule has 0 spiro atoms. The zero-order valence-electron chi connectivity index (χ0n) is 14.3. The first-order chi connectivity index (χ1) is 11.7. The average Bonchev–Trinajstić information content (AvgIpc) is 2.51. The van der Waals surface area contributed by atoms with Crippen LogP contribution >= 0.6 is 23.8 Å². The van der Waals surface area contributed by atoms with E-state index in [4.69, 9.17) is 28.6 Å². The number of nitrogens with one attached hydrogen (secondary N) is 2. The average molecular weight is 379 g/mol. The molecule has 2 aromatic rings. The largest absolute Gasteiger partial charge is 0.487 e. The van der Waals surface area contributed by atoms with E-state index in [2.05, 4.69) is 30.5 Å². The van der Waals surface area contributed by atoms with Gasteiger partial charge in [-0.1, -0.05) is 29.3 Å². The molecule has 2 aromatic carbocycles. The van der Waals surface area contributed by atoms with Gasteiger partial charge in [-0.25, -0.2) is 4.39 Å². The Balaban J connectivity index is 1.78. The van der Waals surface area contributed by atoms with E-state index in [-0.39, 0.29) is 16.7 Å². The van der Waals surface area contributed by atoms with E-state index in [1.54, 1.807) is 6.07 Å². The molecule has 1 heterocycles. The molecule has 0 fully saturated rings. The van der Waals surface area contributed by atoms with Crippen LogP contribution in [0.2, 0.25) is 5.02 Å². The highest BCUT2D eigenvalue weighted by molar-refractivity contribution is 7.80. The smallest absolute Gasteiger partial charge is 0.171 e. The van der Waals surface area contributed by atoms with Gasteiger partial charge in [0.05, 0.1) is 11.1 Å². The minimum Gasteiger partial charge on any atom is -0.487 e. The van der Waals surface area contributed by atoms with Gasteiger partial charge in [-0.3, -0.25) is 0 Å². The van der Waals surface area contributed by atoms with Gasteiger partial charge in [0.1, 0.15) is 17.2 Å². The van der Waals surface area contributed by atoms with Gasteiger partial charge < -0.3 is 15.4 Å². The van der Waals surface area contributed by atoms with Gasteiger partial charge >= 0.3 is 0 Å². The standard InChI is InChI=1S/C19H20ClFN2OS/c1-11-4-7-17-13(8-11)16(10-19(2,3)24-17)23-18(25)22-12-5-6-15(21)14(20)9-12/h4-9,16H,10H2,1-3H3,(H2,22,23,25)/t16-/m1/s1. The van der Waals surface area contributed by atoms with Crippen LogP contribution in [0.5, 0.6) is 5.75 Å². The summed E-state index contributed by atoms with van der Waals surface area (Å²) in [5.74, 6) is 0.411. The lowest BCUT2D eigenvalue weighted by atomic mass is 9.89. The molecule has 0 aromatic heterocycles. The van der Waals surface area contributed by atoms with E-state index >= 15 is 0 Å². The van der Waals surface area contributed by atoms with Crippen molar-refractivity contribution in [1.82, 2.24) is 5.32 Å². The molecular formula is C19H20ClFN2OS. The van der Waals surface area contributed by atoms with Crippen LogP contribution in [0, 0.1) is 12.7 Å². The molecule has 0 saturated carbocycles. The predicted molar refractivity (Wildman–Crippen MR) is 104 cm³/mol. The lowest BCUT2D eigenvalue weighted by Gasteiger charge is -2.38. The number of fused-ring (bicyclic) bond motifs is 1. The number of thiocarbonyl (C=S) groups is 1. The van der Waals surface area contributed by atoms with Gasteiger partial charge in [-0.15, -0.1) is 0 Å². The summed E-state index contributed by atoms with van der Waals surface area (Å²) in [7, 11) is 0. The van der Waals surface area contributed by atoms with Crippen LogP contribution in [0.4, 0.5) is 10.1 Å². The Morgan fingerprint density at radius 3 is 2.76 bits per heavy atom. The number of halogens is 2. The monoisotopic (exact) mass is 378 g/mol. The van der Waals surface area contributed by atoms with E-state index in [0.29, 0.717) is 10.8 Å². The third-order valence-corrected chi connectivity index (χ3v) is 4.62. The van der Waals surface area contributed by atoms with Gasteiger partial charge in [0.25, 0.3) is 0 Å². The second-order valence-electron chi connectivity index (χ2n) is 6.89. The fourth-order valence-corrected chi connectivity index (χ4v) is 3.44. The molecule has 132 valence electrons. The summed E-state index contributed by atoms with van der Waals surface area (Å²) in [5, 5.41) is 6.92. The highest BCUT2D eigenvalue weighted by atomic mass is 35.5. The van der Waals surface area contributed by atoms with Gasteiger partial charge in [-0.2, -0.15) is 0 Å². The van der Waals surface area contributed by atoms with Gasteiger partial charge in [0, 0.05) is 17.7 Å². The highest BCUT2D eigenvalue weighted by Gasteiger charge is 2.34. The van der Waals surface area contributed by atoms with Crippen LogP contribution in [0.1, 0.15) is 37.4 Å². The fourth-order valence-electron chi connectivity index (χ4n) is 3.00. The lowest BCUT2D eigenvalue weighted by Crippen LogP contribution is -2.42. The van der Waals surface area contributed by atoms with Crippen LogP contribution in [-0.4, -0.2) is 10.7 Å².